The number of hydrogen-bond donors (Lipinski definition) is 3. The molecule has 3 saturated heterocycles. The molecule has 3 aromatic carbocycles. The first kappa shape index (κ1) is 54.4. The zero-order valence-corrected chi connectivity index (χ0v) is 45.9. The summed E-state index contributed by atoms with van der Waals surface area (Å²) in [5.41, 5.74) is 13.3. The number of aromatic nitrogens is 3. The van der Waals surface area contributed by atoms with E-state index in [9.17, 15) is 33.2 Å². The molecule has 4 aliphatic heterocycles. The molecule has 3 aromatic heterocycles. The van der Waals surface area contributed by atoms with Gasteiger partial charge in [0, 0.05) is 74.5 Å². The minimum Gasteiger partial charge on any atom is -0.492 e. The third kappa shape index (κ3) is 9.81. The Balaban J connectivity index is 0.000000126. The van der Waals surface area contributed by atoms with E-state index in [4.69, 9.17) is 32.5 Å². The van der Waals surface area contributed by atoms with E-state index in [1.54, 1.807) is 18.6 Å². The van der Waals surface area contributed by atoms with Gasteiger partial charge in [0.05, 0.1) is 78.8 Å². The van der Waals surface area contributed by atoms with Crippen LogP contribution in [0.2, 0.25) is 5.02 Å². The number of pyridine rings is 3. The second-order valence-electron chi connectivity index (χ2n) is 22.9. The number of ether oxygens (including phenoxy) is 2. The number of rotatable bonds is 9. The Labute approximate surface area is 458 Å². The number of ketones is 3. The molecule has 13 rings (SSSR count). The van der Waals surface area contributed by atoms with Crippen molar-refractivity contribution in [2.45, 2.75) is 134 Å². The third-order valence-corrected chi connectivity index (χ3v) is 17.4. The van der Waals surface area contributed by atoms with Crippen LogP contribution in [0.3, 0.4) is 0 Å². The molecule has 79 heavy (non-hydrogen) atoms. The van der Waals surface area contributed by atoms with Crippen molar-refractivity contribution >= 4 is 73.0 Å². The highest BCUT2D eigenvalue weighted by Crippen LogP contribution is 2.51. The first-order valence-corrected chi connectivity index (χ1v) is 28.0. The van der Waals surface area contributed by atoms with E-state index in [0.29, 0.717) is 89.5 Å². The lowest BCUT2D eigenvalue weighted by molar-refractivity contribution is 0.100. The molecule has 3 aliphatic carbocycles. The minimum atomic E-state index is -0.714. The molecule has 0 amide bonds. The van der Waals surface area contributed by atoms with Crippen LogP contribution in [0.1, 0.15) is 153 Å². The molecule has 4 atom stereocenters. The van der Waals surface area contributed by atoms with Gasteiger partial charge >= 0.3 is 0 Å². The van der Waals surface area contributed by atoms with Crippen molar-refractivity contribution in [2.75, 3.05) is 56.2 Å². The summed E-state index contributed by atoms with van der Waals surface area (Å²) < 4.78 is 62.3. The molecule has 0 unspecified atom stereocenters. The Morgan fingerprint density at radius 2 is 1.24 bits per heavy atom. The van der Waals surface area contributed by atoms with Crippen LogP contribution in [0.15, 0.2) is 51.2 Å². The molecular weight excluding hydrogens is 1040 g/mol. The van der Waals surface area contributed by atoms with E-state index in [2.05, 4.69) is 10.2 Å². The van der Waals surface area contributed by atoms with Gasteiger partial charge in [-0.05, 0) is 123 Å². The summed E-state index contributed by atoms with van der Waals surface area (Å²) in [5, 5.41) is 4.34. The van der Waals surface area contributed by atoms with Crippen molar-refractivity contribution in [3.63, 3.8) is 0 Å². The van der Waals surface area contributed by atoms with Crippen LogP contribution in [-0.2, 0) is 5.54 Å². The predicted molar refractivity (Wildman–Crippen MR) is 299 cm³/mol. The van der Waals surface area contributed by atoms with Gasteiger partial charge in [-0.3, -0.25) is 28.8 Å². The van der Waals surface area contributed by atoms with Crippen molar-refractivity contribution in [1.82, 2.24) is 19.0 Å². The van der Waals surface area contributed by atoms with E-state index in [-0.39, 0.29) is 79.4 Å². The number of carbonyl (C=O) groups excluding carboxylic acids is 3. The van der Waals surface area contributed by atoms with Gasteiger partial charge in [0.2, 0.25) is 0 Å². The largest absolute Gasteiger partial charge is 0.492 e. The number of carbonyl (C=O) groups is 3. The zero-order chi connectivity index (χ0) is 56.1. The topological polar surface area (TPSA) is 206 Å². The second-order valence-corrected chi connectivity index (χ2v) is 23.2. The van der Waals surface area contributed by atoms with Crippen molar-refractivity contribution < 1.29 is 37.0 Å². The number of nitrogens with two attached hydrogens (primary N) is 2. The number of nitrogens with zero attached hydrogens (tertiary/aromatic N) is 5. The number of anilines is 2. The molecular formula is C59H66ClF3N8O8. The average molecular weight is 1110 g/mol. The zero-order valence-electron chi connectivity index (χ0n) is 45.1. The number of halogens is 4. The fraction of sp³-hybridized carbons (Fsp3) is 0.492. The number of methoxy groups -OCH3 is 1. The first-order chi connectivity index (χ1) is 37.7. The van der Waals surface area contributed by atoms with E-state index < -0.39 is 39.3 Å². The van der Waals surface area contributed by atoms with Gasteiger partial charge in [-0.15, -0.1) is 0 Å². The van der Waals surface area contributed by atoms with Crippen LogP contribution in [-0.4, -0.2) is 89.6 Å². The van der Waals surface area contributed by atoms with Gasteiger partial charge in [-0.25, -0.2) is 13.2 Å². The molecule has 5 N–H and O–H groups in total. The number of nitrogens with one attached hydrogen (secondary N) is 1. The molecule has 6 aromatic rings. The summed E-state index contributed by atoms with van der Waals surface area (Å²) in [5.74, 6) is -1.25. The summed E-state index contributed by atoms with van der Waals surface area (Å²) >= 11 is 6.69. The smallest absolute Gasteiger partial charge is 0.200 e. The molecule has 20 heteroatoms. The van der Waals surface area contributed by atoms with Crippen LogP contribution >= 0.6 is 11.6 Å². The lowest BCUT2D eigenvalue weighted by atomic mass is 9.94. The van der Waals surface area contributed by atoms with Gasteiger partial charge in [0.25, 0.3) is 0 Å². The molecule has 16 nitrogen and oxygen atoms in total. The van der Waals surface area contributed by atoms with Crippen LogP contribution in [0.4, 0.5) is 24.5 Å². The first-order valence-electron chi connectivity index (χ1n) is 27.6. The van der Waals surface area contributed by atoms with Gasteiger partial charge in [-0.2, -0.15) is 0 Å². The fourth-order valence-electron chi connectivity index (χ4n) is 12.4. The predicted octanol–water partition coefficient (Wildman–Crippen LogP) is 8.77. The lowest BCUT2D eigenvalue weighted by Gasteiger charge is -2.30. The van der Waals surface area contributed by atoms with Gasteiger partial charge < -0.3 is 49.8 Å². The van der Waals surface area contributed by atoms with Crippen LogP contribution in [0.25, 0.3) is 32.7 Å². The van der Waals surface area contributed by atoms with Crippen molar-refractivity contribution in [3.8, 4) is 11.5 Å². The third-order valence-electron chi connectivity index (χ3n) is 17.0. The maximum Gasteiger partial charge on any atom is 0.200 e. The molecule has 0 radical (unpaired) electrons. The number of benzene rings is 3. The standard InChI is InChI=1S/C22H26FN3O3.C20H23ClFN3O2.C17H17FN2O3/c1-12(27)16-10-26(14-5-6-14)19-15(21(16)28)8-17(23)20(22(19)29-2)25-9-13-4-3-7-24-18(13)11-25;1-11(26)15-10-25(13-5-6-13)18-14(20(15)27)8-16(22)19(17(18)21)24-7-3-2-4-12(23)9-24;1-8-7-23-16-13(17(19)3-4-17)12(18)5-10-14(16)20(8)6-11(9(2)21)15(10)22/h8,10,13-14,18,24H,3-7,9,11H2,1-2H3;8,10,12-13H,2-7,9,23H2,1H3;5-6,8H,3-4,7,19H2,1-2H3/t13-,18+;12-;8-/m010/s1. The van der Waals surface area contributed by atoms with Crippen molar-refractivity contribution in [1.29, 1.82) is 0 Å². The minimum absolute atomic E-state index is 0.0376. The van der Waals surface area contributed by atoms with Gasteiger partial charge in [0.1, 0.15) is 23.9 Å². The lowest BCUT2D eigenvalue weighted by Crippen LogP contribution is -2.40. The Kier molecular flexibility index (Phi) is 14.4. The van der Waals surface area contributed by atoms with E-state index in [0.717, 1.165) is 77.4 Å². The fourth-order valence-corrected chi connectivity index (χ4v) is 12.8. The number of Topliss-reactive ketones (excluding diaryl/α,β-unsaturated/α-hetero) is 3. The van der Waals surface area contributed by atoms with Crippen LogP contribution in [0, 0.1) is 23.4 Å². The molecule has 0 bridgehead atoms. The number of fused-ring (bicyclic) bond motifs is 3. The van der Waals surface area contributed by atoms with Crippen LogP contribution < -0.4 is 52.3 Å². The van der Waals surface area contributed by atoms with E-state index in [1.807, 2.05) is 25.5 Å². The summed E-state index contributed by atoms with van der Waals surface area (Å²) in [7, 11) is 1.53. The molecule has 3 saturated carbocycles. The summed E-state index contributed by atoms with van der Waals surface area (Å²) in [6, 6.07) is 4.40. The average Bonchev–Trinajstić information content (AvgIpc) is 4.51. The Morgan fingerprint density at radius 1 is 0.696 bits per heavy atom. The second kappa shape index (κ2) is 20.8. The number of piperidine rings is 1. The molecule has 6 fully saturated rings. The monoisotopic (exact) mass is 1110 g/mol. The normalized spacial score (nSPS) is 22.1. The maximum absolute atomic E-state index is 15.4. The SMILES string of the molecule is CC(=O)c1cn(C2CC2)c2c(Cl)c(N3CCCC[C@@H](N)C3)c(F)cc2c1=O.CC(=O)c1cn2c3c(c(C4(N)CC4)c(F)cc3c1=O)OC[C@@H]2C.COc1c(N2C[C@@H]3CCCN[C@@H]3C2)c(F)cc2c(=O)c(C(C)=O)cn(C3CC3)c12. The van der Waals surface area contributed by atoms with E-state index >= 15 is 8.78 Å². The van der Waals surface area contributed by atoms with E-state index in [1.165, 1.54) is 46.1 Å². The highest BCUT2D eigenvalue weighted by molar-refractivity contribution is 6.38. The quantitative estimate of drug-likeness (QED) is 0.116. The van der Waals surface area contributed by atoms with Gasteiger partial charge in [0.15, 0.2) is 51.0 Å². The van der Waals surface area contributed by atoms with Crippen molar-refractivity contribution in [3.05, 3.63) is 112 Å². The molecule has 7 heterocycles. The van der Waals surface area contributed by atoms with Crippen LogP contribution in [0.5, 0.6) is 11.5 Å². The molecule has 0 spiro atoms. The maximum atomic E-state index is 15.4. The van der Waals surface area contributed by atoms with Crippen molar-refractivity contribution in [2.24, 2.45) is 17.4 Å². The number of hydrogen-bond acceptors (Lipinski definition) is 13. The highest BCUT2D eigenvalue weighted by Gasteiger charge is 2.46. The molecule has 418 valence electrons. The summed E-state index contributed by atoms with van der Waals surface area (Å²) in [4.78, 5) is 77.9. The Hall–Kier alpha value is -6.54. The van der Waals surface area contributed by atoms with Gasteiger partial charge in [-0.1, -0.05) is 18.0 Å². The molecule has 7 aliphatic rings. The summed E-state index contributed by atoms with van der Waals surface area (Å²) in [6.45, 7) is 10.0. The Bertz CT molecular complexity index is 3720. The Morgan fingerprint density at radius 3 is 1.80 bits per heavy atom. The summed E-state index contributed by atoms with van der Waals surface area (Å²) in [6.07, 6.45) is 15.1. The highest BCUT2D eigenvalue weighted by atomic mass is 35.5.